The van der Waals surface area contributed by atoms with Crippen LogP contribution in [0.4, 0.5) is 18.9 Å². The minimum atomic E-state index is -4.86. The van der Waals surface area contributed by atoms with Crippen molar-refractivity contribution in [3.8, 4) is 5.75 Å². The van der Waals surface area contributed by atoms with Crippen LogP contribution in [-0.2, 0) is 10.0 Å². The molecule has 0 aliphatic heterocycles. The summed E-state index contributed by atoms with van der Waals surface area (Å²) in [7, 11) is -4.00. The number of nitrogens with one attached hydrogen (secondary N) is 2. The van der Waals surface area contributed by atoms with Crippen LogP contribution in [0.2, 0.25) is 0 Å². The Balaban J connectivity index is 2.08. The molecule has 146 valence electrons. The first-order chi connectivity index (χ1) is 12.6. The lowest BCUT2D eigenvalue weighted by atomic mass is 10.2. The Bertz CT molecular complexity index is 882. The molecule has 0 saturated heterocycles. The van der Waals surface area contributed by atoms with Gasteiger partial charge in [0.15, 0.2) is 0 Å². The van der Waals surface area contributed by atoms with Crippen molar-refractivity contribution < 1.29 is 36.6 Å². The van der Waals surface area contributed by atoms with Crippen molar-refractivity contribution >= 4 is 21.8 Å². The van der Waals surface area contributed by atoms with Crippen molar-refractivity contribution in [1.82, 2.24) is 5.48 Å². The molecule has 0 aliphatic carbocycles. The topological polar surface area (TPSA) is 108 Å². The molecule has 2 aromatic rings. The molecule has 1 unspecified atom stereocenters. The summed E-state index contributed by atoms with van der Waals surface area (Å²) in [4.78, 5) is -0.238. The van der Waals surface area contributed by atoms with Crippen molar-refractivity contribution in [1.29, 1.82) is 0 Å². The van der Waals surface area contributed by atoms with Crippen molar-refractivity contribution in [2.24, 2.45) is 0 Å². The molecule has 11 heteroatoms. The van der Waals surface area contributed by atoms with Gasteiger partial charge in [-0.3, -0.25) is 4.72 Å². The van der Waals surface area contributed by atoms with Crippen LogP contribution >= 0.6 is 0 Å². The molecule has 0 fully saturated rings. The molecule has 0 spiro atoms. The van der Waals surface area contributed by atoms with E-state index in [1.54, 1.807) is 17.6 Å². The Morgan fingerprint density at radius 1 is 1.04 bits per heavy atom. The van der Waals surface area contributed by atoms with E-state index < -0.39 is 28.4 Å². The average Bonchev–Trinajstić information content (AvgIpc) is 2.59. The van der Waals surface area contributed by atoms with Crippen molar-refractivity contribution in [3.63, 3.8) is 0 Å². The van der Waals surface area contributed by atoms with E-state index in [1.165, 1.54) is 24.3 Å². The van der Waals surface area contributed by atoms with Gasteiger partial charge in [-0.05, 0) is 48.0 Å². The van der Waals surface area contributed by atoms with Gasteiger partial charge >= 0.3 is 6.36 Å². The number of halogens is 3. The number of alkyl halides is 3. The summed E-state index contributed by atoms with van der Waals surface area (Å²) in [5, 5.41) is 17.6. The third kappa shape index (κ3) is 6.57. The van der Waals surface area contributed by atoms with E-state index in [-0.39, 0.29) is 10.6 Å². The maximum atomic E-state index is 12.3. The molecule has 0 aromatic heterocycles. The standard InChI is InChI=1S/C16H15F3N2O5S/c17-16(18,19)26-13-6-8-14(9-7-13)27(24,25)21-12-4-1-11(2-5-12)3-10-15(22)20-23/h1-10,15,20-23H/b10-3+. The molecule has 2 aromatic carbocycles. The van der Waals surface area contributed by atoms with E-state index in [4.69, 9.17) is 10.3 Å². The lowest BCUT2D eigenvalue weighted by Crippen LogP contribution is -2.21. The molecule has 0 aliphatic rings. The SMILES string of the molecule is O=S(=O)(Nc1ccc(/C=C/C(O)NO)cc1)c1ccc(OC(F)(F)F)cc1. The predicted octanol–water partition coefficient (Wildman–Crippen LogP) is 2.70. The predicted molar refractivity (Wildman–Crippen MR) is 90.3 cm³/mol. The number of hydrogen-bond donors (Lipinski definition) is 4. The van der Waals surface area contributed by atoms with Crippen LogP contribution < -0.4 is 14.9 Å². The van der Waals surface area contributed by atoms with Crippen LogP contribution in [-0.4, -0.2) is 31.3 Å². The number of hydroxylamine groups is 1. The zero-order valence-electron chi connectivity index (χ0n) is 13.5. The first kappa shape index (κ1) is 20.7. The monoisotopic (exact) mass is 404 g/mol. The van der Waals surface area contributed by atoms with Crippen LogP contribution in [0.3, 0.4) is 0 Å². The van der Waals surface area contributed by atoms with E-state index in [9.17, 15) is 21.6 Å². The quantitative estimate of drug-likeness (QED) is 0.418. The highest BCUT2D eigenvalue weighted by atomic mass is 32.2. The summed E-state index contributed by atoms with van der Waals surface area (Å²) in [6, 6.07) is 9.80. The molecule has 4 N–H and O–H groups in total. The molecule has 2 rings (SSSR count). The molecule has 1 atom stereocenters. The number of ether oxygens (including phenoxy) is 1. The first-order valence-electron chi connectivity index (χ1n) is 7.34. The summed E-state index contributed by atoms with van der Waals surface area (Å²) in [6.07, 6.45) is -3.35. The third-order valence-corrected chi connectivity index (χ3v) is 4.53. The maximum Gasteiger partial charge on any atom is 0.573 e. The number of sulfonamides is 1. The zero-order chi connectivity index (χ0) is 20.1. The Hall–Kier alpha value is -2.60. The molecule has 0 radical (unpaired) electrons. The smallest absolute Gasteiger partial charge is 0.406 e. The van der Waals surface area contributed by atoms with Crippen LogP contribution in [0.5, 0.6) is 5.75 Å². The van der Waals surface area contributed by atoms with E-state index in [1.807, 2.05) is 0 Å². The summed E-state index contributed by atoms with van der Waals surface area (Å²) in [5.41, 5.74) is 2.47. The van der Waals surface area contributed by atoms with E-state index in [2.05, 4.69) is 9.46 Å². The van der Waals surface area contributed by atoms with Crippen LogP contribution in [0.15, 0.2) is 59.5 Å². The summed E-state index contributed by atoms with van der Waals surface area (Å²) in [5.74, 6) is -0.530. The number of anilines is 1. The fraction of sp³-hybridized carbons (Fsp3) is 0.125. The number of rotatable bonds is 7. The van der Waals surface area contributed by atoms with Gasteiger partial charge in [-0.15, -0.1) is 13.2 Å². The van der Waals surface area contributed by atoms with Crippen LogP contribution in [0.25, 0.3) is 6.08 Å². The van der Waals surface area contributed by atoms with Crippen molar-refractivity contribution in [2.75, 3.05) is 4.72 Å². The lowest BCUT2D eigenvalue weighted by Gasteiger charge is -2.11. The fourth-order valence-corrected chi connectivity index (χ4v) is 3.00. The highest BCUT2D eigenvalue weighted by Gasteiger charge is 2.31. The second-order valence-corrected chi connectivity index (χ2v) is 6.86. The van der Waals surface area contributed by atoms with Gasteiger partial charge in [0.25, 0.3) is 10.0 Å². The van der Waals surface area contributed by atoms with Gasteiger partial charge in [0.2, 0.25) is 0 Å². The average molecular weight is 404 g/mol. The highest BCUT2D eigenvalue weighted by molar-refractivity contribution is 7.92. The lowest BCUT2D eigenvalue weighted by molar-refractivity contribution is -0.274. The Labute approximate surface area is 152 Å². The largest absolute Gasteiger partial charge is 0.573 e. The van der Waals surface area contributed by atoms with Gasteiger partial charge < -0.3 is 15.1 Å². The van der Waals surface area contributed by atoms with E-state index in [0.29, 0.717) is 5.56 Å². The van der Waals surface area contributed by atoms with Gasteiger partial charge in [0.05, 0.1) is 4.90 Å². The molecule has 0 heterocycles. The Morgan fingerprint density at radius 2 is 1.63 bits per heavy atom. The van der Waals surface area contributed by atoms with E-state index in [0.717, 1.165) is 24.3 Å². The van der Waals surface area contributed by atoms with Crippen LogP contribution in [0, 0.1) is 0 Å². The van der Waals surface area contributed by atoms with Gasteiger partial charge in [-0.25, -0.2) is 8.42 Å². The van der Waals surface area contributed by atoms with Crippen molar-refractivity contribution in [3.05, 3.63) is 60.2 Å². The van der Waals surface area contributed by atoms with Gasteiger partial charge in [-0.2, -0.15) is 5.48 Å². The molecule has 7 nitrogen and oxygen atoms in total. The molecule has 27 heavy (non-hydrogen) atoms. The number of benzene rings is 2. The zero-order valence-corrected chi connectivity index (χ0v) is 14.3. The Kier molecular flexibility index (Phi) is 6.44. The number of aliphatic hydroxyl groups is 1. The van der Waals surface area contributed by atoms with Gasteiger partial charge in [-0.1, -0.05) is 18.2 Å². The van der Waals surface area contributed by atoms with Crippen molar-refractivity contribution in [2.45, 2.75) is 17.5 Å². The second-order valence-electron chi connectivity index (χ2n) is 5.18. The number of hydrogen-bond acceptors (Lipinski definition) is 6. The summed E-state index contributed by atoms with van der Waals surface area (Å²) in [6.45, 7) is 0. The van der Waals surface area contributed by atoms with Gasteiger partial charge in [0, 0.05) is 5.69 Å². The minimum Gasteiger partial charge on any atom is -0.406 e. The van der Waals surface area contributed by atoms with Crippen LogP contribution in [0.1, 0.15) is 5.56 Å². The minimum absolute atomic E-state index is 0.226. The molecular formula is C16H15F3N2O5S. The summed E-state index contributed by atoms with van der Waals surface area (Å²) >= 11 is 0. The first-order valence-corrected chi connectivity index (χ1v) is 8.82. The molecular weight excluding hydrogens is 389 g/mol. The van der Waals surface area contributed by atoms with Gasteiger partial charge in [0.1, 0.15) is 12.0 Å². The fourth-order valence-electron chi connectivity index (χ4n) is 1.94. The molecule has 0 bridgehead atoms. The summed E-state index contributed by atoms with van der Waals surface area (Å²) < 4.78 is 66.9. The van der Waals surface area contributed by atoms with E-state index >= 15 is 0 Å². The third-order valence-electron chi connectivity index (χ3n) is 3.13. The second kappa shape index (κ2) is 8.39. The highest BCUT2D eigenvalue weighted by Crippen LogP contribution is 2.24. The Morgan fingerprint density at radius 3 is 2.15 bits per heavy atom. The molecule has 0 amide bonds. The number of aliphatic hydroxyl groups excluding tert-OH is 1. The maximum absolute atomic E-state index is 12.3. The normalized spacial score (nSPS) is 13.5. The molecule has 0 saturated carbocycles.